The zero-order valence-electron chi connectivity index (χ0n) is 19.3. The lowest BCUT2D eigenvalue weighted by Gasteiger charge is -2.23. The molecule has 3 atom stereocenters. The molecule has 2 aliphatic rings. The zero-order chi connectivity index (χ0) is 25.2. The third-order valence-electron chi connectivity index (χ3n) is 6.68. The zero-order valence-corrected chi connectivity index (χ0v) is 20.1. The van der Waals surface area contributed by atoms with Gasteiger partial charge in [-0.1, -0.05) is 48.5 Å². The monoisotopic (exact) mass is 500 g/mol. The molecule has 1 aliphatic heterocycles. The second-order valence-electron chi connectivity index (χ2n) is 9.08. The number of aliphatic carboxylic acids is 1. The molecule has 2 amide bonds. The van der Waals surface area contributed by atoms with Crippen molar-refractivity contribution >= 4 is 27.8 Å². The Morgan fingerprint density at radius 2 is 1.63 bits per heavy atom. The number of amides is 2. The van der Waals surface area contributed by atoms with E-state index in [1.807, 2.05) is 48.5 Å². The first-order valence-electron chi connectivity index (χ1n) is 11.5. The standard InChI is InChI=1S/C25H28N2O7S/c1-15(16-10-11-35(32,33)14-16)26-24(30)22(12-23(28)29)27-25(31)34-13-21-19-8-4-2-6-17(19)18-7-3-5-9-20(18)21/h2-9,15-16,21-22H,10-14H2,1H3,(H,26,30)(H,27,31)(H,28,29). The summed E-state index contributed by atoms with van der Waals surface area (Å²) in [5.41, 5.74) is 4.20. The number of ether oxygens (including phenoxy) is 1. The molecule has 1 aliphatic carbocycles. The minimum absolute atomic E-state index is 0.0254. The van der Waals surface area contributed by atoms with E-state index in [9.17, 15) is 27.9 Å². The fourth-order valence-electron chi connectivity index (χ4n) is 4.83. The van der Waals surface area contributed by atoms with Crippen LogP contribution in [0.5, 0.6) is 0 Å². The third-order valence-corrected chi connectivity index (χ3v) is 8.47. The molecule has 1 heterocycles. The van der Waals surface area contributed by atoms with Crippen molar-refractivity contribution in [1.29, 1.82) is 0 Å². The highest BCUT2D eigenvalue weighted by atomic mass is 32.2. The number of rotatable bonds is 8. The van der Waals surface area contributed by atoms with Gasteiger partial charge in [0.25, 0.3) is 0 Å². The normalized spacial score (nSPS) is 19.7. The highest BCUT2D eigenvalue weighted by Crippen LogP contribution is 2.44. The number of sulfone groups is 1. The molecule has 0 spiro atoms. The van der Waals surface area contributed by atoms with Crippen molar-refractivity contribution in [3.05, 3.63) is 59.7 Å². The minimum Gasteiger partial charge on any atom is -0.481 e. The molecule has 1 fully saturated rings. The molecule has 0 aromatic heterocycles. The summed E-state index contributed by atoms with van der Waals surface area (Å²) in [5, 5.41) is 14.2. The van der Waals surface area contributed by atoms with Crippen LogP contribution in [0.4, 0.5) is 4.79 Å². The molecule has 3 N–H and O–H groups in total. The second kappa shape index (κ2) is 10.1. The number of hydrogen-bond donors (Lipinski definition) is 3. The van der Waals surface area contributed by atoms with E-state index in [1.54, 1.807) is 6.92 Å². The maximum Gasteiger partial charge on any atom is 0.407 e. The van der Waals surface area contributed by atoms with E-state index in [-0.39, 0.29) is 29.9 Å². The Balaban J connectivity index is 1.38. The van der Waals surface area contributed by atoms with Gasteiger partial charge in [0.2, 0.25) is 5.91 Å². The van der Waals surface area contributed by atoms with E-state index < -0.39 is 46.3 Å². The summed E-state index contributed by atoms with van der Waals surface area (Å²) in [6.07, 6.45) is -1.11. The van der Waals surface area contributed by atoms with Gasteiger partial charge in [-0.25, -0.2) is 13.2 Å². The topological polar surface area (TPSA) is 139 Å². The summed E-state index contributed by atoms with van der Waals surface area (Å²) >= 11 is 0. The van der Waals surface area contributed by atoms with Gasteiger partial charge in [0.15, 0.2) is 9.84 Å². The molecule has 2 aromatic rings. The third kappa shape index (κ3) is 5.64. The van der Waals surface area contributed by atoms with Gasteiger partial charge in [-0.3, -0.25) is 9.59 Å². The molecular formula is C25H28N2O7S. The van der Waals surface area contributed by atoms with Crippen molar-refractivity contribution in [2.75, 3.05) is 18.1 Å². The fourth-order valence-corrected chi connectivity index (χ4v) is 6.76. The summed E-state index contributed by atoms with van der Waals surface area (Å²) in [4.78, 5) is 36.6. The molecule has 186 valence electrons. The predicted molar refractivity (Wildman–Crippen MR) is 129 cm³/mol. The van der Waals surface area contributed by atoms with Crippen LogP contribution in [0.2, 0.25) is 0 Å². The van der Waals surface area contributed by atoms with Gasteiger partial charge in [-0.2, -0.15) is 0 Å². The number of carbonyl (C=O) groups is 3. The maximum atomic E-state index is 12.7. The summed E-state index contributed by atoms with van der Waals surface area (Å²) in [6, 6.07) is 13.9. The minimum atomic E-state index is -3.13. The highest BCUT2D eigenvalue weighted by molar-refractivity contribution is 7.91. The van der Waals surface area contributed by atoms with Gasteiger partial charge in [-0.15, -0.1) is 0 Å². The molecule has 0 bridgehead atoms. The molecule has 0 radical (unpaired) electrons. The first kappa shape index (κ1) is 24.7. The number of fused-ring (bicyclic) bond motifs is 3. The summed E-state index contributed by atoms with van der Waals surface area (Å²) in [6.45, 7) is 1.70. The average Bonchev–Trinajstić information content (AvgIpc) is 3.34. The first-order valence-corrected chi connectivity index (χ1v) is 13.3. The number of carboxylic acid groups (broad SMARTS) is 1. The van der Waals surface area contributed by atoms with E-state index in [1.165, 1.54) is 0 Å². The van der Waals surface area contributed by atoms with Gasteiger partial charge in [0.1, 0.15) is 12.6 Å². The Bertz CT molecular complexity index is 1200. The van der Waals surface area contributed by atoms with Gasteiger partial charge < -0.3 is 20.5 Å². The van der Waals surface area contributed by atoms with Crippen LogP contribution in [0.15, 0.2) is 48.5 Å². The van der Waals surface area contributed by atoms with Crippen LogP contribution in [0.1, 0.15) is 36.8 Å². The SMILES string of the molecule is CC(NC(=O)C(CC(=O)O)NC(=O)OCC1c2ccccc2-c2ccccc21)C1CCS(=O)(=O)C1. The van der Waals surface area contributed by atoms with Crippen LogP contribution in [0.3, 0.4) is 0 Å². The lowest BCUT2D eigenvalue weighted by atomic mass is 9.98. The number of carbonyl (C=O) groups excluding carboxylic acids is 2. The van der Waals surface area contributed by atoms with Crippen molar-refractivity contribution in [2.45, 2.75) is 37.8 Å². The van der Waals surface area contributed by atoms with Gasteiger partial charge in [0, 0.05) is 12.0 Å². The van der Waals surface area contributed by atoms with Crippen molar-refractivity contribution in [2.24, 2.45) is 5.92 Å². The first-order chi connectivity index (χ1) is 16.6. The summed E-state index contributed by atoms with van der Waals surface area (Å²) in [7, 11) is -3.13. The largest absolute Gasteiger partial charge is 0.481 e. The lowest BCUT2D eigenvalue weighted by molar-refractivity contribution is -0.140. The average molecular weight is 501 g/mol. The smallest absolute Gasteiger partial charge is 0.407 e. The lowest BCUT2D eigenvalue weighted by Crippen LogP contribution is -2.51. The summed E-state index contributed by atoms with van der Waals surface area (Å²) in [5.74, 6) is -2.36. The van der Waals surface area contributed by atoms with E-state index in [0.29, 0.717) is 6.42 Å². The van der Waals surface area contributed by atoms with Gasteiger partial charge in [-0.05, 0) is 41.5 Å². The van der Waals surface area contributed by atoms with Gasteiger partial charge in [0.05, 0.1) is 17.9 Å². The Kier molecular flexibility index (Phi) is 7.11. The van der Waals surface area contributed by atoms with Crippen LogP contribution in [-0.2, 0) is 24.2 Å². The van der Waals surface area contributed by atoms with E-state index in [4.69, 9.17) is 4.74 Å². The van der Waals surface area contributed by atoms with Crippen molar-refractivity contribution in [3.8, 4) is 11.1 Å². The van der Waals surface area contributed by atoms with Crippen LogP contribution in [0.25, 0.3) is 11.1 Å². The Morgan fingerprint density at radius 3 is 2.17 bits per heavy atom. The van der Waals surface area contributed by atoms with Gasteiger partial charge >= 0.3 is 12.1 Å². The van der Waals surface area contributed by atoms with E-state index in [2.05, 4.69) is 10.6 Å². The van der Waals surface area contributed by atoms with Crippen molar-refractivity contribution in [1.82, 2.24) is 10.6 Å². The van der Waals surface area contributed by atoms with E-state index >= 15 is 0 Å². The Hall–Kier alpha value is -3.40. The molecule has 3 unspecified atom stereocenters. The van der Waals surface area contributed by atoms with Crippen LogP contribution in [-0.4, -0.2) is 61.7 Å². The van der Waals surface area contributed by atoms with Crippen molar-refractivity contribution < 1.29 is 32.6 Å². The highest BCUT2D eigenvalue weighted by Gasteiger charge is 2.34. The van der Waals surface area contributed by atoms with Crippen LogP contribution in [0, 0.1) is 5.92 Å². The molecule has 9 nitrogen and oxygen atoms in total. The molecule has 0 saturated carbocycles. The summed E-state index contributed by atoms with van der Waals surface area (Å²) < 4.78 is 28.9. The number of carboxylic acids is 1. The number of alkyl carbamates (subject to hydrolysis) is 1. The van der Waals surface area contributed by atoms with E-state index in [0.717, 1.165) is 22.3 Å². The maximum absolute atomic E-state index is 12.7. The van der Waals surface area contributed by atoms with Crippen molar-refractivity contribution in [3.63, 3.8) is 0 Å². The molecular weight excluding hydrogens is 472 g/mol. The fraction of sp³-hybridized carbons (Fsp3) is 0.400. The molecule has 2 aromatic carbocycles. The molecule has 4 rings (SSSR count). The van der Waals surface area contributed by atoms with Crippen LogP contribution >= 0.6 is 0 Å². The second-order valence-corrected chi connectivity index (χ2v) is 11.3. The molecule has 35 heavy (non-hydrogen) atoms. The molecule has 10 heteroatoms. The predicted octanol–water partition coefficient (Wildman–Crippen LogP) is 2.31. The number of hydrogen-bond acceptors (Lipinski definition) is 6. The Morgan fingerprint density at radius 1 is 1.03 bits per heavy atom. The van der Waals surface area contributed by atoms with Crippen LogP contribution < -0.4 is 10.6 Å². The number of nitrogens with one attached hydrogen (secondary N) is 2. The molecule has 1 saturated heterocycles. The number of benzene rings is 2. The quantitative estimate of drug-likeness (QED) is 0.505. The Labute approximate surface area is 203 Å².